The smallest absolute Gasteiger partial charge is 0.165 e. The third kappa shape index (κ3) is 5.93. The van der Waals surface area contributed by atoms with E-state index in [0.29, 0.717) is 17.5 Å². The van der Waals surface area contributed by atoms with Crippen LogP contribution in [0.25, 0.3) is 126 Å². The van der Waals surface area contributed by atoms with E-state index < -0.39 is 0 Å². The monoisotopic (exact) mass is 832 g/mol. The SMILES string of the molecule is c1ccc(-c2ccc(-c3ccc(-c4nc(-c5ccc6ccccc6c5)nc(-c5cccc6c5sc5c(-n7c8ccccc8c8c9ccccc9ccc87)cccc56)n4)cc3)cc2)cc1. The highest BCUT2D eigenvalue weighted by Gasteiger charge is 2.21. The standard InChI is InChI=1S/C59H36N4S/c1-2-12-37(13-3-1)39-24-26-40(27-25-39)41-28-31-43(32-29-41)57-60-58(45-33-30-38-14-4-5-16-44(38)36-45)62-59(61-57)50-21-10-19-47-48-20-11-23-53(56(48)64-55(47)50)63-51-22-9-8-18-49(51)54-46-17-7-6-15-42(46)34-35-52(54)63/h1-36H. The normalized spacial score (nSPS) is 11.8. The van der Waals surface area contributed by atoms with Gasteiger partial charge < -0.3 is 4.57 Å². The fourth-order valence-corrected chi connectivity index (χ4v) is 10.8. The number of rotatable bonds is 6. The number of thiophene rings is 1. The molecule has 5 heteroatoms. The van der Waals surface area contributed by atoms with Crippen molar-refractivity contribution in [1.82, 2.24) is 19.5 Å². The van der Waals surface area contributed by atoms with E-state index in [-0.39, 0.29) is 0 Å². The molecule has 0 saturated carbocycles. The maximum Gasteiger partial charge on any atom is 0.165 e. The van der Waals surface area contributed by atoms with Gasteiger partial charge in [0.15, 0.2) is 17.5 Å². The molecule has 0 saturated heterocycles. The zero-order valence-electron chi connectivity index (χ0n) is 34.5. The Morgan fingerprint density at radius 1 is 0.312 bits per heavy atom. The van der Waals surface area contributed by atoms with Crippen LogP contribution in [-0.4, -0.2) is 19.5 Å². The lowest BCUT2D eigenvalue weighted by molar-refractivity contribution is 1.08. The van der Waals surface area contributed by atoms with Gasteiger partial charge in [-0.25, -0.2) is 15.0 Å². The minimum atomic E-state index is 0.635. The summed E-state index contributed by atoms with van der Waals surface area (Å²) in [7, 11) is 0. The minimum absolute atomic E-state index is 0.635. The molecule has 0 aliphatic carbocycles. The number of nitrogens with zero attached hydrogens (tertiary/aromatic N) is 4. The average molecular weight is 833 g/mol. The summed E-state index contributed by atoms with van der Waals surface area (Å²) in [6.07, 6.45) is 0. The molecule has 3 heterocycles. The lowest BCUT2D eigenvalue weighted by Crippen LogP contribution is -2.00. The first-order valence-electron chi connectivity index (χ1n) is 21.6. The van der Waals surface area contributed by atoms with E-state index in [1.54, 1.807) is 0 Å². The number of fused-ring (bicyclic) bond motifs is 9. The summed E-state index contributed by atoms with van der Waals surface area (Å²) < 4.78 is 4.82. The van der Waals surface area contributed by atoms with Gasteiger partial charge in [0, 0.05) is 42.9 Å². The first-order valence-corrected chi connectivity index (χ1v) is 22.4. The Kier molecular flexibility index (Phi) is 8.36. The molecule has 0 aliphatic heterocycles. The Morgan fingerprint density at radius 3 is 1.61 bits per heavy atom. The molecule has 0 N–H and O–H groups in total. The Balaban J connectivity index is 0.971. The van der Waals surface area contributed by atoms with Gasteiger partial charge in [0.05, 0.1) is 21.4 Å². The van der Waals surface area contributed by atoms with Gasteiger partial charge in [0.2, 0.25) is 0 Å². The molecule has 0 spiro atoms. The topological polar surface area (TPSA) is 43.6 Å². The molecular formula is C59H36N4S. The summed E-state index contributed by atoms with van der Waals surface area (Å²) in [5.74, 6) is 1.92. The molecule has 0 unspecified atom stereocenters. The molecule has 0 aliphatic rings. The summed E-state index contributed by atoms with van der Waals surface area (Å²) >= 11 is 1.81. The van der Waals surface area contributed by atoms with Crippen molar-refractivity contribution >= 4 is 74.9 Å². The van der Waals surface area contributed by atoms with Crippen molar-refractivity contribution in [3.05, 3.63) is 218 Å². The van der Waals surface area contributed by atoms with Gasteiger partial charge >= 0.3 is 0 Å². The highest BCUT2D eigenvalue weighted by Crippen LogP contribution is 2.45. The lowest BCUT2D eigenvalue weighted by atomic mass is 9.99. The summed E-state index contributed by atoms with van der Waals surface area (Å²) in [6, 6.07) is 78.0. The average Bonchev–Trinajstić information content (AvgIpc) is 3.93. The maximum atomic E-state index is 5.29. The van der Waals surface area contributed by atoms with Crippen molar-refractivity contribution in [2.24, 2.45) is 0 Å². The zero-order valence-corrected chi connectivity index (χ0v) is 35.3. The number of hydrogen-bond donors (Lipinski definition) is 0. The predicted molar refractivity (Wildman–Crippen MR) is 269 cm³/mol. The first-order chi connectivity index (χ1) is 31.7. The highest BCUT2D eigenvalue weighted by molar-refractivity contribution is 7.26. The van der Waals surface area contributed by atoms with Gasteiger partial charge in [-0.2, -0.15) is 0 Å². The molecule has 10 aromatic carbocycles. The van der Waals surface area contributed by atoms with Crippen LogP contribution in [0.2, 0.25) is 0 Å². The number of aromatic nitrogens is 4. The Bertz CT molecular complexity index is 3940. The molecule has 4 nitrogen and oxygen atoms in total. The van der Waals surface area contributed by atoms with Crippen LogP contribution in [0.1, 0.15) is 0 Å². The van der Waals surface area contributed by atoms with Crippen LogP contribution in [-0.2, 0) is 0 Å². The van der Waals surface area contributed by atoms with Crippen molar-refractivity contribution in [2.45, 2.75) is 0 Å². The molecule has 64 heavy (non-hydrogen) atoms. The molecule has 0 fully saturated rings. The van der Waals surface area contributed by atoms with Crippen LogP contribution in [0.4, 0.5) is 0 Å². The van der Waals surface area contributed by atoms with Crippen molar-refractivity contribution in [2.75, 3.05) is 0 Å². The second kappa shape index (κ2) is 14.7. The minimum Gasteiger partial charge on any atom is -0.308 e. The van der Waals surface area contributed by atoms with Crippen LogP contribution in [0.5, 0.6) is 0 Å². The molecule has 0 radical (unpaired) electrons. The number of para-hydroxylation sites is 1. The van der Waals surface area contributed by atoms with Crippen LogP contribution >= 0.6 is 11.3 Å². The summed E-state index contributed by atoms with van der Waals surface area (Å²) in [5.41, 5.74) is 11.1. The zero-order chi connectivity index (χ0) is 42.1. The fourth-order valence-electron chi connectivity index (χ4n) is 9.54. The van der Waals surface area contributed by atoms with Gasteiger partial charge in [-0.15, -0.1) is 11.3 Å². The number of benzene rings is 10. The van der Waals surface area contributed by atoms with E-state index in [9.17, 15) is 0 Å². The van der Waals surface area contributed by atoms with E-state index >= 15 is 0 Å². The van der Waals surface area contributed by atoms with E-state index in [4.69, 9.17) is 15.0 Å². The lowest BCUT2D eigenvalue weighted by Gasteiger charge is -2.10. The van der Waals surface area contributed by atoms with Gasteiger partial charge in [0.25, 0.3) is 0 Å². The summed E-state index contributed by atoms with van der Waals surface area (Å²) in [4.78, 5) is 15.8. The summed E-state index contributed by atoms with van der Waals surface area (Å²) in [6.45, 7) is 0. The van der Waals surface area contributed by atoms with Crippen molar-refractivity contribution in [3.8, 4) is 62.1 Å². The quantitative estimate of drug-likeness (QED) is 0.168. The molecule has 0 bridgehead atoms. The molecule has 3 aromatic heterocycles. The second-order valence-electron chi connectivity index (χ2n) is 16.4. The Labute approximate surface area is 373 Å². The van der Waals surface area contributed by atoms with Crippen molar-refractivity contribution in [3.63, 3.8) is 0 Å². The Morgan fingerprint density at radius 2 is 0.844 bits per heavy atom. The van der Waals surface area contributed by atoms with Gasteiger partial charge in [-0.3, -0.25) is 0 Å². The van der Waals surface area contributed by atoms with Crippen LogP contribution in [0.15, 0.2) is 218 Å². The van der Waals surface area contributed by atoms with Crippen LogP contribution in [0.3, 0.4) is 0 Å². The highest BCUT2D eigenvalue weighted by atomic mass is 32.1. The third-order valence-corrected chi connectivity index (χ3v) is 13.9. The predicted octanol–water partition coefficient (Wildman–Crippen LogP) is 16.0. The third-order valence-electron chi connectivity index (χ3n) is 12.7. The van der Waals surface area contributed by atoms with Crippen LogP contribution in [0, 0.1) is 0 Å². The van der Waals surface area contributed by atoms with E-state index in [1.165, 1.54) is 64.6 Å². The van der Waals surface area contributed by atoms with Crippen molar-refractivity contribution in [1.29, 1.82) is 0 Å². The maximum absolute atomic E-state index is 5.29. The van der Waals surface area contributed by atoms with E-state index in [2.05, 4.69) is 223 Å². The molecular weight excluding hydrogens is 797 g/mol. The largest absolute Gasteiger partial charge is 0.308 e. The second-order valence-corrected chi connectivity index (χ2v) is 17.4. The van der Waals surface area contributed by atoms with Crippen molar-refractivity contribution < 1.29 is 0 Å². The van der Waals surface area contributed by atoms with Gasteiger partial charge in [-0.05, 0) is 74.1 Å². The molecule has 13 rings (SSSR count). The van der Waals surface area contributed by atoms with E-state index in [1.807, 2.05) is 11.3 Å². The summed E-state index contributed by atoms with van der Waals surface area (Å²) in [5, 5.41) is 9.75. The Hall–Kier alpha value is -8.25. The van der Waals surface area contributed by atoms with E-state index in [0.717, 1.165) is 43.6 Å². The van der Waals surface area contributed by atoms with Crippen LogP contribution < -0.4 is 0 Å². The number of hydrogen-bond acceptors (Lipinski definition) is 4. The van der Waals surface area contributed by atoms with Gasteiger partial charge in [0.1, 0.15) is 0 Å². The molecule has 13 aromatic rings. The molecule has 0 amide bonds. The molecule has 298 valence electrons. The first kappa shape index (κ1) is 36.4. The fraction of sp³-hybridized carbons (Fsp3) is 0. The molecule has 0 atom stereocenters. The van der Waals surface area contributed by atoms with Gasteiger partial charge in [-0.1, -0.05) is 188 Å².